The number of methoxy groups -OCH3 is 1. The lowest BCUT2D eigenvalue weighted by Crippen LogP contribution is -2.28. The number of aromatic nitrogens is 4. The lowest BCUT2D eigenvalue weighted by Gasteiger charge is -2.05. The predicted octanol–water partition coefficient (Wildman–Crippen LogP) is 0.118. The third kappa shape index (κ3) is 2.54. The van der Waals surface area contributed by atoms with Gasteiger partial charge >= 0.3 is 11.7 Å². The highest BCUT2D eigenvalue weighted by Gasteiger charge is 2.21. The van der Waals surface area contributed by atoms with Crippen molar-refractivity contribution in [3.05, 3.63) is 10.5 Å². The number of ether oxygens (including phenoxy) is 1. The second-order valence-corrected chi connectivity index (χ2v) is 4.19. The molecule has 0 N–H and O–H groups in total. The van der Waals surface area contributed by atoms with Crippen molar-refractivity contribution < 1.29 is 9.53 Å². The smallest absolute Gasteiger partial charge is 0.363 e. The van der Waals surface area contributed by atoms with Crippen LogP contribution in [0.3, 0.4) is 0 Å². The first-order valence-electron chi connectivity index (χ1n) is 5.81. The molecule has 0 bridgehead atoms. The molecule has 7 heteroatoms. The minimum atomic E-state index is -0.354. The second kappa shape index (κ2) is 5.11. The average Bonchev–Trinajstić information content (AvgIpc) is 2.95. The van der Waals surface area contributed by atoms with E-state index in [0.29, 0.717) is 0 Å². The van der Waals surface area contributed by atoms with Gasteiger partial charge in [0.1, 0.15) is 0 Å². The third-order valence-electron chi connectivity index (χ3n) is 3.09. The Hall–Kier alpha value is -1.66. The fraction of sp³-hybridized carbons (Fsp3) is 0.800. The van der Waals surface area contributed by atoms with Gasteiger partial charge in [0.2, 0.25) is 0 Å². The largest absolute Gasteiger partial charge is 0.469 e. The number of carbonyl (C=O) groups excluding carboxylic acids is 1. The number of hydrogen-bond donors (Lipinski definition) is 0. The lowest BCUT2D eigenvalue weighted by atomic mass is 10.3. The minimum absolute atomic E-state index is 0.139. The second-order valence-electron chi connectivity index (χ2n) is 4.19. The van der Waals surface area contributed by atoms with Crippen molar-refractivity contribution in [3.63, 3.8) is 0 Å². The first-order valence-corrected chi connectivity index (χ1v) is 5.81. The highest BCUT2D eigenvalue weighted by molar-refractivity contribution is 5.68. The summed E-state index contributed by atoms with van der Waals surface area (Å²) in [6.45, 7) is 0.220. The van der Waals surface area contributed by atoms with Gasteiger partial charge < -0.3 is 4.74 Å². The summed E-state index contributed by atoms with van der Waals surface area (Å²) in [5, 5.41) is 7.64. The maximum Gasteiger partial charge on any atom is 0.363 e. The number of hydrogen-bond acceptors (Lipinski definition) is 5. The molecule has 1 aromatic rings. The maximum atomic E-state index is 11.9. The van der Waals surface area contributed by atoms with E-state index in [4.69, 9.17) is 0 Å². The summed E-state index contributed by atoms with van der Waals surface area (Å²) in [5.74, 6) is -0.354. The molecule has 0 amide bonds. The summed E-state index contributed by atoms with van der Waals surface area (Å²) in [5.41, 5.74) is -0.235. The Morgan fingerprint density at radius 3 is 2.76 bits per heavy atom. The number of nitrogens with zero attached hydrogens (tertiary/aromatic N) is 4. The van der Waals surface area contributed by atoms with Gasteiger partial charge in [0.15, 0.2) is 0 Å². The molecule has 7 nitrogen and oxygen atoms in total. The Labute approximate surface area is 98.3 Å². The van der Waals surface area contributed by atoms with Crippen LogP contribution in [0.4, 0.5) is 0 Å². The molecular weight excluding hydrogens is 224 g/mol. The van der Waals surface area contributed by atoms with Gasteiger partial charge in [0, 0.05) is 0 Å². The summed E-state index contributed by atoms with van der Waals surface area (Å²) >= 11 is 0. The monoisotopic (exact) mass is 240 g/mol. The van der Waals surface area contributed by atoms with Gasteiger partial charge in [-0.1, -0.05) is 12.8 Å². The fourth-order valence-corrected chi connectivity index (χ4v) is 2.10. The molecule has 1 aliphatic carbocycles. The van der Waals surface area contributed by atoms with Crippen LogP contribution in [0, 0.1) is 0 Å². The van der Waals surface area contributed by atoms with Crippen LogP contribution in [0.2, 0.25) is 0 Å². The summed E-state index contributed by atoms with van der Waals surface area (Å²) in [4.78, 5) is 22.9. The molecule has 1 fully saturated rings. The van der Waals surface area contributed by atoms with E-state index in [2.05, 4.69) is 15.2 Å². The normalized spacial score (nSPS) is 16.3. The van der Waals surface area contributed by atoms with Gasteiger partial charge in [-0.15, -0.1) is 0 Å². The average molecular weight is 240 g/mol. The summed E-state index contributed by atoms with van der Waals surface area (Å²) in [6.07, 6.45) is 4.36. The van der Waals surface area contributed by atoms with Gasteiger partial charge in [0.05, 0.1) is 26.1 Å². The predicted molar refractivity (Wildman–Crippen MR) is 58.4 cm³/mol. The van der Waals surface area contributed by atoms with Crippen molar-refractivity contribution in [2.75, 3.05) is 7.11 Å². The molecule has 0 aromatic carbocycles. The molecule has 0 saturated heterocycles. The Kier molecular flexibility index (Phi) is 3.55. The van der Waals surface area contributed by atoms with Crippen LogP contribution >= 0.6 is 0 Å². The number of esters is 1. The summed E-state index contributed by atoms with van der Waals surface area (Å²) in [6, 6.07) is 0.175. The van der Waals surface area contributed by atoms with E-state index in [1.807, 2.05) is 0 Å². The Morgan fingerprint density at radius 1 is 1.41 bits per heavy atom. The molecule has 1 aromatic heterocycles. The highest BCUT2D eigenvalue weighted by Crippen LogP contribution is 2.27. The van der Waals surface area contributed by atoms with Crippen molar-refractivity contribution in [3.8, 4) is 0 Å². The Balaban J connectivity index is 2.04. The molecule has 0 radical (unpaired) electrons. The van der Waals surface area contributed by atoms with E-state index in [1.165, 1.54) is 16.5 Å². The number of carbonyl (C=O) groups is 1. The number of rotatable bonds is 4. The quantitative estimate of drug-likeness (QED) is 0.698. The molecule has 0 aliphatic heterocycles. The minimum Gasteiger partial charge on any atom is -0.469 e. The van der Waals surface area contributed by atoms with Gasteiger partial charge in [0.25, 0.3) is 0 Å². The van der Waals surface area contributed by atoms with Crippen molar-refractivity contribution in [2.24, 2.45) is 0 Å². The first-order chi connectivity index (χ1) is 8.22. The SMILES string of the molecule is COC(=O)CCn1nnn(C2CCCC2)c1=O. The van der Waals surface area contributed by atoms with Crippen LogP contribution in [0.15, 0.2) is 4.79 Å². The molecule has 1 heterocycles. The topological polar surface area (TPSA) is 79.0 Å². The van der Waals surface area contributed by atoms with Crippen LogP contribution in [0.5, 0.6) is 0 Å². The standard InChI is InChI=1S/C10H16N4O3/c1-17-9(15)6-7-13-10(16)14(12-11-13)8-4-2-3-5-8/h8H,2-7H2,1H3. The van der Waals surface area contributed by atoms with Crippen molar-refractivity contribution >= 4 is 5.97 Å². The molecule has 0 spiro atoms. The molecule has 94 valence electrons. The summed E-state index contributed by atoms with van der Waals surface area (Å²) in [7, 11) is 1.32. The summed E-state index contributed by atoms with van der Waals surface area (Å²) < 4.78 is 7.16. The van der Waals surface area contributed by atoms with Crippen LogP contribution in [0.25, 0.3) is 0 Å². The maximum absolute atomic E-state index is 11.9. The molecular formula is C10H16N4O3. The van der Waals surface area contributed by atoms with Crippen LogP contribution < -0.4 is 5.69 Å². The molecule has 2 rings (SSSR count). The number of aryl methyl sites for hydroxylation is 1. The van der Waals surface area contributed by atoms with E-state index < -0.39 is 0 Å². The molecule has 17 heavy (non-hydrogen) atoms. The van der Waals surface area contributed by atoms with Crippen LogP contribution in [-0.2, 0) is 16.1 Å². The van der Waals surface area contributed by atoms with E-state index in [0.717, 1.165) is 25.7 Å². The number of tetrazole rings is 1. The zero-order valence-corrected chi connectivity index (χ0v) is 9.83. The van der Waals surface area contributed by atoms with Crippen molar-refractivity contribution in [1.82, 2.24) is 19.8 Å². The van der Waals surface area contributed by atoms with Crippen molar-refractivity contribution in [2.45, 2.75) is 44.7 Å². The van der Waals surface area contributed by atoms with E-state index >= 15 is 0 Å². The van der Waals surface area contributed by atoms with Gasteiger partial charge in [-0.05, 0) is 23.3 Å². The third-order valence-corrected chi connectivity index (χ3v) is 3.09. The van der Waals surface area contributed by atoms with Gasteiger partial charge in [-0.25, -0.2) is 4.79 Å². The zero-order valence-electron chi connectivity index (χ0n) is 9.83. The zero-order chi connectivity index (χ0) is 12.3. The molecule has 0 atom stereocenters. The van der Waals surface area contributed by atoms with E-state index in [1.54, 1.807) is 0 Å². The van der Waals surface area contributed by atoms with Gasteiger partial charge in [-0.2, -0.15) is 9.36 Å². The van der Waals surface area contributed by atoms with E-state index in [-0.39, 0.29) is 30.7 Å². The molecule has 1 aliphatic rings. The van der Waals surface area contributed by atoms with Gasteiger partial charge in [-0.3, -0.25) is 4.79 Å². The van der Waals surface area contributed by atoms with Crippen molar-refractivity contribution in [1.29, 1.82) is 0 Å². The highest BCUT2D eigenvalue weighted by atomic mass is 16.5. The Morgan fingerprint density at radius 2 is 2.12 bits per heavy atom. The molecule has 1 saturated carbocycles. The lowest BCUT2D eigenvalue weighted by molar-refractivity contribution is -0.140. The molecule has 0 unspecified atom stereocenters. The van der Waals surface area contributed by atoms with Crippen LogP contribution in [-0.4, -0.2) is 32.9 Å². The fourth-order valence-electron chi connectivity index (χ4n) is 2.10. The first kappa shape index (κ1) is 11.8. The van der Waals surface area contributed by atoms with Crippen LogP contribution in [0.1, 0.15) is 38.1 Å². The Bertz CT molecular complexity index is 445. The van der Waals surface area contributed by atoms with E-state index in [9.17, 15) is 9.59 Å².